The standard InChI is InChI=1S/C10H14O2S/c1-10(2,7-12-3)9-5-4-8(6-11)13-9/h4-6H,7H2,1-3H3. The smallest absolute Gasteiger partial charge is 0.160 e. The van der Waals surface area contributed by atoms with Crippen molar-refractivity contribution in [3.8, 4) is 0 Å². The second-order valence-corrected chi connectivity index (χ2v) is 4.75. The zero-order chi connectivity index (χ0) is 9.90. The minimum atomic E-state index is 0.000671. The van der Waals surface area contributed by atoms with E-state index in [9.17, 15) is 4.79 Å². The fourth-order valence-electron chi connectivity index (χ4n) is 1.21. The SMILES string of the molecule is COCC(C)(C)c1ccc(C=O)s1. The molecule has 0 bridgehead atoms. The number of thiophene rings is 1. The summed E-state index contributed by atoms with van der Waals surface area (Å²) in [6, 6.07) is 3.85. The van der Waals surface area contributed by atoms with E-state index >= 15 is 0 Å². The van der Waals surface area contributed by atoms with Crippen molar-refractivity contribution >= 4 is 17.6 Å². The first-order valence-electron chi connectivity index (χ1n) is 4.14. The van der Waals surface area contributed by atoms with Crippen molar-refractivity contribution in [3.63, 3.8) is 0 Å². The van der Waals surface area contributed by atoms with Gasteiger partial charge in [0, 0.05) is 17.4 Å². The lowest BCUT2D eigenvalue weighted by molar-refractivity contribution is 0.112. The van der Waals surface area contributed by atoms with Crippen LogP contribution in [0.15, 0.2) is 12.1 Å². The number of ether oxygens (including phenoxy) is 1. The summed E-state index contributed by atoms with van der Waals surface area (Å²) in [5.74, 6) is 0. The summed E-state index contributed by atoms with van der Waals surface area (Å²) in [7, 11) is 1.69. The molecule has 0 unspecified atom stereocenters. The number of hydrogen-bond donors (Lipinski definition) is 0. The first-order chi connectivity index (χ1) is 6.10. The van der Waals surface area contributed by atoms with Gasteiger partial charge in [-0.2, -0.15) is 0 Å². The number of aldehydes is 1. The van der Waals surface area contributed by atoms with Gasteiger partial charge in [0.1, 0.15) is 0 Å². The molecule has 0 aliphatic carbocycles. The van der Waals surface area contributed by atoms with Gasteiger partial charge in [0.15, 0.2) is 6.29 Å². The number of carbonyl (C=O) groups is 1. The van der Waals surface area contributed by atoms with Crippen LogP contribution in [0, 0.1) is 0 Å². The van der Waals surface area contributed by atoms with Gasteiger partial charge in [-0.3, -0.25) is 4.79 Å². The van der Waals surface area contributed by atoms with Gasteiger partial charge < -0.3 is 4.74 Å². The molecule has 0 radical (unpaired) electrons. The fraction of sp³-hybridized carbons (Fsp3) is 0.500. The maximum Gasteiger partial charge on any atom is 0.160 e. The van der Waals surface area contributed by atoms with Crippen LogP contribution in [-0.4, -0.2) is 20.0 Å². The Morgan fingerprint density at radius 2 is 2.23 bits per heavy atom. The molecule has 0 saturated carbocycles. The van der Waals surface area contributed by atoms with Gasteiger partial charge in [0.05, 0.1) is 11.5 Å². The summed E-state index contributed by atoms with van der Waals surface area (Å²) in [5, 5.41) is 0. The Bertz CT molecular complexity index is 289. The molecule has 1 aromatic heterocycles. The predicted octanol–water partition coefficient (Wildman–Crippen LogP) is 2.48. The Morgan fingerprint density at radius 1 is 1.54 bits per heavy atom. The third-order valence-electron chi connectivity index (χ3n) is 1.92. The zero-order valence-corrected chi connectivity index (χ0v) is 8.98. The van der Waals surface area contributed by atoms with E-state index in [0.717, 1.165) is 11.2 Å². The van der Waals surface area contributed by atoms with Gasteiger partial charge in [0.2, 0.25) is 0 Å². The van der Waals surface area contributed by atoms with Crippen LogP contribution in [0.2, 0.25) is 0 Å². The molecule has 0 aliphatic rings. The lowest BCUT2D eigenvalue weighted by atomic mass is 9.93. The van der Waals surface area contributed by atoms with Crippen molar-refractivity contribution in [2.45, 2.75) is 19.3 Å². The lowest BCUT2D eigenvalue weighted by Crippen LogP contribution is -2.21. The van der Waals surface area contributed by atoms with Crippen molar-refractivity contribution in [1.29, 1.82) is 0 Å². The van der Waals surface area contributed by atoms with Gasteiger partial charge >= 0.3 is 0 Å². The van der Waals surface area contributed by atoms with Crippen LogP contribution in [0.1, 0.15) is 28.4 Å². The van der Waals surface area contributed by atoms with Crippen LogP contribution in [0.4, 0.5) is 0 Å². The molecule has 13 heavy (non-hydrogen) atoms. The van der Waals surface area contributed by atoms with Crippen molar-refractivity contribution in [2.75, 3.05) is 13.7 Å². The molecule has 0 N–H and O–H groups in total. The quantitative estimate of drug-likeness (QED) is 0.695. The lowest BCUT2D eigenvalue weighted by Gasteiger charge is -2.21. The molecule has 0 aromatic carbocycles. The third kappa shape index (κ3) is 2.39. The third-order valence-corrected chi connectivity index (χ3v) is 3.29. The molecule has 0 atom stereocenters. The highest BCUT2D eigenvalue weighted by molar-refractivity contribution is 7.13. The van der Waals surface area contributed by atoms with E-state index in [0.29, 0.717) is 6.61 Å². The Labute approximate surface area is 82.5 Å². The average molecular weight is 198 g/mol. The molecule has 72 valence electrons. The van der Waals surface area contributed by atoms with Crippen LogP contribution in [0.5, 0.6) is 0 Å². The highest BCUT2D eigenvalue weighted by Gasteiger charge is 2.22. The molecule has 2 nitrogen and oxygen atoms in total. The second-order valence-electron chi connectivity index (χ2n) is 3.64. The Hall–Kier alpha value is -0.670. The summed E-state index contributed by atoms with van der Waals surface area (Å²) in [6.07, 6.45) is 0.886. The van der Waals surface area contributed by atoms with Crippen molar-refractivity contribution in [2.24, 2.45) is 0 Å². The van der Waals surface area contributed by atoms with E-state index in [2.05, 4.69) is 13.8 Å². The van der Waals surface area contributed by atoms with Crippen LogP contribution in [0.3, 0.4) is 0 Å². The number of methoxy groups -OCH3 is 1. The van der Waals surface area contributed by atoms with E-state index in [4.69, 9.17) is 4.74 Å². The first kappa shape index (κ1) is 10.4. The molecule has 0 amide bonds. The van der Waals surface area contributed by atoms with E-state index in [1.54, 1.807) is 7.11 Å². The maximum atomic E-state index is 10.5. The largest absolute Gasteiger partial charge is 0.384 e. The molecule has 0 fully saturated rings. The van der Waals surface area contributed by atoms with Gasteiger partial charge in [-0.25, -0.2) is 0 Å². The van der Waals surface area contributed by atoms with E-state index in [-0.39, 0.29) is 5.41 Å². The normalized spacial score (nSPS) is 11.6. The average Bonchev–Trinajstić information content (AvgIpc) is 2.52. The molecule has 0 spiro atoms. The Kier molecular flexibility index (Phi) is 3.22. The topological polar surface area (TPSA) is 26.3 Å². The first-order valence-corrected chi connectivity index (χ1v) is 4.96. The number of carbonyl (C=O) groups excluding carboxylic acids is 1. The minimum absolute atomic E-state index is 0.000671. The predicted molar refractivity (Wildman–Crippen MR) is 54.6 cm³/mol. The van der Waals surface area contributed by atoms with Crippen LogP contribution < -0.4 is 0 Å². The maximum absolute atomic E-state index is 10.5. The van der Waals surface area contributed by atoms with Gasteiger partial charge in [0.25, 0.3) is 0 Å². The van der Waals surface area contributed by atoms with Crippen molar-refractivity contribution in [3.05, 3.63) is 21.9 Å². The molecule has 1 heterocycles. The second kappa shape index (κ2) is 4.03. The van der Waals surface area contributed by atoms with Crippen LogP contribution in [0.25, 0.3) is 0 Å². The molecule has 0 aliphatic heterocycles. The molecule has 3 heteroatoms. The molecular weight excluding hydrogens is 184 g/mol. The van der Waals surface area contributed by atoms with Gasteiger partial charge in [-0.1, -0.05) is 13.8 Å². The highest BCUT2D eigenvalue weighted by Crippen LogP contribution is 2.29. The van der Waals surface area contributed by atoms with Gasteiger partial charge in [-0.15, -0.1) is 11.3 Å². The monoisotopic (exact) mass is 198 g/mol. The van der Waals surface area contributed by atoms with E-state index in [1.807, 2.05) is 12.1 Å². The highest BCUT2D eigenvalue weighted by atomic mass is 32.1. The van der Waals surface area contributed by atoms with Crippen molar-refractivity contribution in [1.82, 2.24) is 0 Å². The molecule has 1 aromatic rings. The molecule has 1 rings (SSSR count). The summed E-state index contributed by atoms with van der Waals surface area (Å²) in [6.45, 7) is 4.89. The number of hydrogen-bond acceptors (Lipinski definition) is 3. The summed E-state index contributed by atoms with van der Waals surface area (Å²) in [5.41, 5.74) is 0.000671. The minimum Gasteiger partial charge on any atom is -0.384 e. The van der Waals surface area contributed by atoms with E-state index < -0.39 is 0 Å². The molecular formula is C10H14O2S. The summed E-state index contributed by atoms with van der Waals surface area (Å²) < 4.78 is 5.12. The molecule has 0 saturated heterocycles. The summed E-state index contributed by atoms with van der Waals surface area (Å²) >= 11 is 1.53. The van der Waals surface area contributed by atoms with Crippen molar-refractivity contribution < 1.29 is 9.53 Å². The summed E-state index contributed by atoms with van der Waals surface area (Å²) in [4.78, 5) is 12.5. The fourth-order valence-corrected chi connectivity index (χ4v) is 2.12. The van der Waals surface area contributed by atoms with E-state index in [1.165, 1.54) is 16.2 Å². The number of rotatable bonds is 4. The Morgan fingerprint density at radius 3 is 2.69 bits per heavy atom. The van der Waals surface area contributed by atoms with Crippen LogP contribution >= 0.6 is 11.3 Å². The zero-order valence-electron chi connectivity index (χ0n) is 8.16. The van der Waals surface area contributed by atoms with Gasteiger partial charge in [-0.05, 0) is 12.1 Å². The Balaban J connectivity index is 2.86. The van der Waals surface area contributed by atoms with Crippen LogP contribution in [-0.2, 0) is 10.2 Å².